The van der Waals surface area contributed by atoms with Crippen molar-refractivity contribution in [3.05, 3.63) is 41.5 Å². The molecule has 2 amide bonds. The van der Waals surface area contributed by atoms with Crippen LogP contribution in [0.1, 0.15) is 31.7 Å². The largest absolute Gasteiger partial charge is 0.378 e. The Kier molecular flexibility index (Phi) is 6.45. The molecule has 0 bridgehead atoms. The third-order valence-electron chi connectivity index (χ3n) is 5.25. The highest BCUT2D eigenvalue weighted by molar-refractivity contribution is 5.98. The van der Waals surface area contributed by atoms with Gasteiger partial charge in [0.15, 0.2) is 0 Å². The molecule has 2 aliphatic heterocycles. The lowest BCUT2D eigenvalue weighted by atomic mass is 9.94. The Morgan fingerprint density at radius 2 is 1.69 bits per heavy atom. The fourth-order valence-corrected chi connectivity index (χ4v) is 3.64. The Morgan fingerprint density at radius 1 is 1.04 bits per heavy atom. The molecule has 2 aliphatic rings. The van der Waals surface area contributed by atoms with Crippen LogP contribution in [0.5, 0.6) is 0 Å². The lowest BCUT2D eigenvalue weighted by Gasteiger charge is -2.35. The van der Waals surface area contributed by atoms with Crippen LogP contribution in [0.15, 0.2) is 35.9 Å². The van der Waals surface area contributed by atoms with Gasteiger partial charge in [-0.2, -0.15) is 0 Å². The van der Waals surface area contributed by atoms with Gasteiger partial charge in [-0.25, -0.2) is 0 Å². The minimum atomic E-state index is 0.0420. The van der Waals surface area contributed by atoms with E-state index < -0.39 is 0 Å². The van der Waals surface area contributed by atoms with Gasteiger partial charge < -0.3 is 14.5 Å². The minimum absolute atomic E-state index is 0.0420. The topological polar surface area (TPSA) is 49.9 Å². The molecule has 2 saturated heterocycles. The Morgan fingerprint density at radius 3 is 2.31 bits per heavy atom. The molecule has 1 aromatic carbocycles. The van der Waals surface area contributed by atoms with E-state index in [-0.39, 0.29) is 17.7 Å². The van der Waals surface area contributed by atoms with E-state index in [1.807, 2.05) is 53.1 Å². The van der Waals surface area contributed by atoms with E-state index in [2.05, 4.69) is 0 Å². The van der Waals surface area contributed by atoms with E-state index in [9.17, 15) is 9.59 Å². The van der Waals surface area contributed by atoms with Crippen LogP contribution in [0, 0.1) is 5.92 Å². The molecule has 0 saturated carbocycles. The third-order valence-corrected chi connectivity index (χ3v) is 5.25. The Hall–Kier alpha value is -2.14. The van der Waals surface area contributed by atoms with E-state index in [4.69, 9.17) is 4.74 Å². The quantitative estimate of drug-likeness (QED) is 0.779. The van der Waals surface area contributed by atoms with Crippen molar-refractivity contribution in [3.8, 4) is 0 Å². The summed E-state index contributed by atoms with van der Waals surface area (Å²) in [7, 11) is 0. The van der Waals surface area contributed by atoms with Crippen LogP contribution in [0.4, 0.5) is 0 Å². The molecule has 140 valence electrons. The highest BCUT2D eigenvalue weighted by atomic mass is 16.5. The van der Waals surface area contributed by atoms with Gasteiger partial charge in [0.05, 0.1) is 13.2 Å². The number of piperidine rings is 1. The van der Waals surface area contributed by atoms with Crippen LogP contribution < -0.4 is 0 Å². The first-order valence-electron chi connectivity index (χ1n) is 9.60. The van der Waals surface area contributed by atoms with Gasteiger partial charge in [-0.05, 0) is 30.9 Å². The summed E-state index contributed by atoms with van der Waals surface area (Å²) in [6, 6.07) is 9.95. The molecule has 5 heteroatoms. The van der Waals surface area contributed by atoms with Crippen LogP contribution >= 0.6 is 0 Å². The highest BCUT2D eigenvalue weighted by Gasteiger charge is 2.31. The molecule has 2 fully saturated rings. The fourth-order valence-electron chi connectivity index (χ4n) is 3.64. The number of morpholine rings is 1. The first-order chi connectivity index (χ1) is 12.7. The molecule has 0 atom stereocenters. The number of ether oxygens (including phenoxy) is 1. The number of rotatable bonds is 4. The van der Waals surface area contributed by atoms with E-state index in [1.54, 1.807) is 0 Å². The summed E-state index contributed by atoms with van der Waals surface area (Å²) < 4.78 is 5.32. The summed E-state index contributed by atoms with van der Waals surface area (Å²) in [6.45, 7) is 5.98. The van der Waals surface area contributed by atoms with Crippen LogP contribution in [-0.2, 0) is 14.3 Å². The summed E-state index contributed by atoms with van der Waals surface area (Å²) >= 11 is 0. The second-order valence-electron chi connectivity index (χ2n) is 6.94. The normalized spacial score (nSPS) is 19.5. The zero-order valence-corrected chi connectivity index (χ0v) is 15.5. The lowest BCUT2D eigenvalue weighted by Crippen LogP contribution is -2.47. The molecule has 0 spiro atoms. The molecule has 0 N–H and O–H groups in total. The molecule has 3 rings (SSSR count). The number of carbonyl (C=O) groups is 2. The lowest BCUT2D eigenvalue weighted by molar-refractivity contribution is -0.143. The van der Waals surface area contributed by atoms with Gasteiger partial charge in [0.2, 0.25) is 11.8 Å². The van der Waals surface area contributed by atoms with Gasteiger partial charge in [-0.15, -0.1) is 0 Å². The van der Waals surface area contributed by atoms with Crippen molar-refractivity contribution in [2.75, 3.05) is 39.4 Å². The second-order valence-corrected chi connectivity index (χ2v) is 6.94. The molecule has 5 nitrogen and oxygen atoms in total. The Balaban J connectivity index is 1.57. The average Bonchev–Trinajstić information content (AvgIpc) is 2.72. The van der Waals surface area contributed by atoms with Crippen LogP contribution in [0.2, 0.25) is 0 Å². The third kappa shape index (κ3) is 4.52. The first kappa shape index (κ1) is 18.6. The van der Waals surface area contributed by atoms with E-state index in [0.29, 0.717) is 45.8 Å². The molecule has 0 aromatic heterocycles. The maximum atomic E-state index is 12.9. The van der Waals surface area contributed by atoms with Crippen molar-refractivity contribution in [2.24, 2.45) is 5.92 Å². The number of likely N-dealkylation sites (tertiary alicyclic amines) is 1. The first-order valence-corrected chi connectivity index (χ1v) is 9.60. The highest BCUT2D eigenvalue weighted by Crippen LogP contribution is 2.23. The molecule has 26 heavy (non-hydrogen) atoms. The van der Waals surface area contributed by atoms with E-state index in [0.717, 1.165) is 24.0 Å². The Labute approximate surface area is 155 Å². The number of nitrogens with zero attached hydrogens (tertiary/aromatic N) is 2. The average molecular weight is 356 g/mol. The van der Waals surface area contributed by atoms with E-state index >= 15 is 0 Å². The maximum absolute atomic E-state index is 12.9. The second kappa shape index (κ2) is 8.99. The SMILES string of the molecule is CC/C(=C\c1ccccc1)C(=O)N1CCC(C(=O)N2CCOCC2)CC1. The maximum Gasteiger partial charge on any atom is 0.249 e. The molecule has 0 radical (unpaired) electrons. The summed E-state index contributed by atoms with van der Waals surface area (Å²) in [5, 5.41) is 0. The summed E-state index contributed by atoms with van der Waals surface area (Å²) in [5.74, 6) is 0.380. The predicted octanol–water partition coefficient (Wildman–Crippen LogP) is 2.58. The van der Waals surface area contributed by atoms with Gasteiger partial charge in [0.1, 0.15) is 0 Å². The molecule has 0 unspecified atom stereocenters. The van der Waals surface area contributed by atoms with Crippen molar-refractivity contribution in [1.29, 1.82) is 0 Å². The van der Waals surface area contributed by atoms with Crippen LogP contribution in [0.25, 0.3) is 6.08 Å². The standard InChI is InChI=1S/C21H28N2O3/c1-2-18(16-17-6-4-3-5-7-17)20(24)22-10-8-19(9-11-22)21(25)23-12-14-26-15-13-23/h3-7,16,19H,2,8-15H2,1H3/b18-16+. The van der Waals surface area contributed by atoms with Crippen LogP contribution in [0.3, 0.4) is 0 Å². The van der Waals surface area contributed by atoms with Crippen molar-refractivity contribution >= 4 is 17.9 Å². The number of amides is 2. The fraction of sp³-hybridized carbons (Fsp3) is 0.524. The van der Waals surface area contributed by atoms with Gasteiger partial charge >= 0.3 is 0 Å². The monoisotopic (exact) mass is 356 g/mol. The molecule has 2 heterocycles. The zero-order chi connectivity index (χ0) is 18.4. The predicted molar refractivity (Wildman–Crippen MR) is 101 cm³/mol. The van der Waals surface area contributed by atoms with Crippen molar-refractivity contribution in [3.63, 3.8) is 0 Å². The number of carbonyl (C=O) groups excluding carboxylic acids is 2. The summed E-state index contributed by atoms with van der Waals surface area (Å²) in [5.41, 5.74) is 1.88. The molecule has 0 aliphatic carbocycles. The van der Waals surface area contributed by atoms with E-state index in [1.165, 1.54) is 0 Å². The van der Waals surface area contributed by atoms with Crippen molar-refractivity contribution < 1.29 is 14.3 Å². The number of benzene rings is 1. The zero-order valence-electron chi connectivity index (χ0n) is 15.5. The Bertz CT molecular complexity index is 642. The van der Waals surface area contributed by atoms with Crippen molar-refractivity contribution in [1.82, 2.24) is 9.80 Å². The van der Waals surface area contributed by atoms with Gasteiger partial charge in [-0.1, -0.05) is 37.3 Å². The molecular weight excluding hydrogens is 328 g/mol. The van der Waals surface area contributed by atoms with Gasteiger partial charge in [-0.3, -0.25) is 9.59 Å². The van der Waals surface area contributed by atoms with Crippen LogP contribution in [-0.4, -0.2) is 61.0 Å². The van der Waals surface area contributed by atoms with Gasteiger partial charge in [0.25, 0.3) is 0 Å². The molecular formula is C21H28N2O3. The number of hydrogen-bond donors (Lipinski definition) is 0. The summed E-state index contributed by atoms with van der Waals surface area (Å²) in [6.07, 6.45) is 4.20. The molecule has 1 aromatic rings. The summed E-state index contributed by atoms with van der Waals surface area (Å²) in [4.78, 5) is 29.3. The number of hydrogen-bond acceptors (Lipinski definition) is 3. The minimum Gasteiger partial charge on any atom is -0.378 e. The van der Waals surface area contributed by atoms with Gasteiger partial charge in [0, 0.05) is 37.7 Å². The van der Waals surface area contributed by atoms with Crippen molar-refractivity contribution in [2.45, 2.75) is 26.2 Å². The smallest absolute Gasteiger partial charge is 0.249 e.